The van der Waals surface area contributed by atoms with Gasteiger partial charge in [-0.15, -0.1) is 0 Å². The van der Waals surface area contributed by atoms with E-state index in [2.05, 4.69) is 61.2 Å². The monoisotopic (exact) mass is 636 g/mol. The molecule has 1 saturated carbocycles. The summed E-state index contributed by atoms with van der Waals surface area (Å²) in [6.07, 6.45) is 8.73. The maximum absolute atomic E-state index is 11.1. The van der Waals surface area contributed by atoms with Crippen molar-refractivity contribution in [1.82, 2.24) is 0 Å². The van der Waals surface area contributed by atoms with Crippen molar-refractivity contribution in [2.24, 2.45) is 0 Å². The van der Waals surface area contributed by atoms with Crippen molar-refractivity contribution >= 4 is 35.6 Å². The first kappa shape index (κ1) is 29.5. The van der Waals surface area contributed by atoms with Crippen LogP contribution in [-0.4, -0.2) is 41.9 Å². The summed E-state index contributed by atoms with van der Waals surface area (Å²) in [6.45, 7) is 12.5. The zero-order valence-electron chi connectivity index (χ0n) is 21.7. The summed E-state index contributed by atoms with van der Waals surface area (Å²) in [5.74, 6) is 0.591. The van der Waals surface area contributed by atoms with Crippen molar-refractivity contribution in [2.45, 2.75) is 90.1 Å². The van der Waals surface area contributed by atoms with Gasteiger partial charge >= 0.3 is 227 Å². The van der Waals surface area contributed by atoms with Crippen molar-refractivity contribution in [3.05, 3.63) is 56.6 Å². The van der Waals surface area contributed by atoms with E-state index < -0.39 is 0 Å². The van der Waals surface area contributed by atoms with Crippen LogP contribution in [0.25, 0.3) is 0 Å². The van der Waals surface area contributed by atoms with Crippen molar-refractivity contribution in [3.8, 4) is 11.5 Å². The molecule has 4 rings (SSSR count). The Kier molecular flexibility index (Phi) is 9.00. The SMILES string of the molecule is CC(C)(C)c1cc(Cl)cc(C=[N+]2[Mn][N+](=Cc3cc(Cl)cc(C(C)(C)C)c3O)[C@@H]3CCCC[C@H]32)c1O.[Br-]. The molecule has 4 nitrogen and oxygen atoms in total. The number of fused-ring (bicyclic) bond motifs is 1. The van der Waals surface area contributed by atoms with Gasteiger partial charge in [-0.1, -0.05) is 0 Å². The fourth-order valence-corrected chi connectivity index (χ4v) is 7.26. The van der Waals surface area contributed by atoms with E-state index in [1.54, 1.807) is 0 Å². The Balaban J connectivity index is 0.00000361. The maximum Gasteiger partial charge on any atom is -1.00 e. The number of aromatic hydroxyl groups is 2. The minimum atomic E-state index is -0.215. The van der Waals surface area contributed by atoms with Crippen LogP contribution < -0.4 is 17.0 Å². The average Bonchev–Trinajstić information content (AvgIpc) is 3.08. The molecule has 2 aromatic rings. The number of rotatable bonds is 2. The first-order valence-electron chi connectivity index (χ1n) is 12.2. The number of nitrogens with zero attached hydrogens (tertiary/aromatic N) is 2. The van der Waals surface area contributed by atoms with Gasteiger partial charge in [-0.25, -0.2) is 0 Å². The minimum absolute atomic E-state index is 0. The van der Waals surface area contributed by atoms with Crippen LogP contribution in [0.4, 0.5) is 0 Å². The maximum atomic E-state index is 11.1. The van der Waals surface area contributed by atoms with Gasteiger partial charge < -0.3 is 17.0 Å². The molecule has 2 aliphatic rings. The Morgan fingerprint density at radius 2 is 1.11 bits per heavy atom. The largest absolute Gasteiger partial charge is 1.00 e. The van der Waals surface area contributed by atoms with Crippen LogP contribution in [0, 0.1) is 0 Å². The second-order valence-corrected chi connectivity index (χ2v) is 14.1. The molecule has 0 amide bonds. The van der Waals surface area contributed by atoms with Crippen LogP contribution >= 0.6 is 23.2 Å². The first-order valence-corrected chi connectivity index (χ1v) is 14.0. The van der Waals surface area contributed by atoms with Crippen molar-refractivity contribution in [1.29, 1.82) is 0 Å². The molecule has 2 atom stereocenters. The molecule has 1 aliphatic carbocycles. The third-order valence-electron chi connectivity index (χ3n) is 6.85. The fraction of sp³-hybridized carbons (Fsp3) is 0.500. The standard InChI is InChI=1S/C28H36Cl2N2O2.BrH.Mn/c1-27(2,3)21-13-19(29)11-17(25(21)33)15-31-23-9-7-8-10-24(23)32-16-18-12-20(30)14-22(26(18)34)28(4,5)6;;/h11-16,23-24,33-34H,7-10H2,1-6H3;1H;/q;;+2/p-1/t23-,24-;;/m1../s1. The Morgan fingerprint density at radius 1 is 0.750 bits per heavy atom. The molecular formula is C28H36BrCl2MnN2O2+. The van der Waals surface area contributed by atoms with Crippen LogP contribution in [0.3, 0.4) is 0 Å². The molecule has 197 valence electrons. The summed E-state index contributed by atoms with van der Waals surface area (Å²) < 4.78 is 4.71. The van der Waals surface area contributed by atoms with Crippen LogP contribution in [0.15, 0.2) is 24.3 Å². The molecule has 2 N–H and O–H groups in total. The topological polar surface area (TPSA) is 46.5 Å². The average molecular weight is 638 g/mol. The van der Waals surface area contributed by atoms with Crippen LogP contribution in [0.2, 0.25) is 10.0 Å². The predicted octanol–water partition coefficient (Wildman–Crippen LogP) is 3.80. The van der Waals surface area contributed by atoms with E-state index in [1.807, 2.05) is 24.3 Å². The summed E-state index contributed by atoms with van der Waals surface area (Å²) in [5.41, 5.74) is 2.77. The quantitative estimate of drug-likeness (QED) is 0.493. The molecule has 2 fully saturated rings. The Morgan fingerprint density at radius 3 is 1.44 bits per heavy atom. The van der Waals surface area contributed by atoms with Crippen LogP contribution in [0.5, 0.6) is 11.5 Å². The van der Waals surface area contributed by atoms with Gasteiger partial charge in [-0.05, 0) is 0 Å². The Bertz CT molecular complexity index is 1120. The predicted molar refractivity (Wildman–Crippen MR) is 141 cm³/mol. The number of benzene rings is 2. The number of phenols is 2. The molecule has 0 unspecified atom stereocenters. The molecule has 1 heterocycles. The van der Waals surface area contributed by atoms with Crippen LogP contribution in [-0.2, 0) is 26.2 Å². The van der Waals surface area contributed by atoms with Gasteiger partial charge in [0, 0.05) is 0 Å². The van der Waals surface area contributed by atoms with Crippen LogP contribution in [0.1, 0.15) is 89.5 Å². The van der Waals surface area contributed by atoms with E-state index in [0.29, 0.717) is 49.0 Å². The van der Waals surface area contributed by atoms with Gasteiger partial charge in [-0.3, -0.25) is 0 Å². The fourth-order valence-electron chi connectivity index (χ4n) is 4.96. The molecule has 1 aliphatic heterocycles. The Hall–Kier alpha value is -1.04. The van der Waals surface area contributed by atoms with E-state index in [9.17, 15) is 10.2 Å². The van der Waals surface area contributed by atoms with Gasteiger partial charge in [0.05, 0.1) is 0 Å². The first-order chi connectivity index (χ1) is 16.3. The van der Waals surface area contributed by atoms with Crippen molar-refractivity contribution in [2.75, 3.05) is 0 Å². The summed E-state index contributed by atoms with van der Waals surface area (Å²) in [6, 6.07) is 8.11. The van der Waals surface area contributed by atoms with E-state index in [0.717, 1.165) is 35.1 Å². The van der Waals surface area contributed by atoms with E-state index in [-0.39, 0.29) is 27.8 Å². The molecule has 1 saturated heterocycles. The molecule has 2 aromatic carbocycles. The summed E-state index contributed by atoms with van der Waals surface area (Å²) in [7, 11) is 0. The zero-order chi connectivity index (χ0) is 25.7. The summed E-state index contributed by atoms with van der Waals surface area (Å²) in [4.78, 5) is 0. The molecule has 0 aromatic heterocycles. The van der Waals surface area contributed by atoms with Gasteiger partial charge in [0.2, 0.25) is 0 Å². The third kappa shape index (κ3) is 6.15. The molecular weight excluding hydrogens is 602 g/mol. The van der Waals surface area contributed by atoms with E-state index in [1.165, 1.54) is 12.8 Å². The number of hydrogen-bond acceptors (Lipinski definition) is 2. The zero-order valence-corrected chi connectivity index (χ0v) is 26.0. The second-order valence-electron chi connectivity index (χ2n) is 11.7. The minimum Gasteiger partial charge on any atom is -1.00 e. The molecule has 0 bridgehead atoms. The van der Waals surface area contributed by atoms with Crippen molar-refractivity contribution < 1.29 is 49.8 Å². The number of halogens is 3. The molecule has 8 heteroatoms. The van der Waals surface area contributed by atoms with Gasteiger partial charge in [0.15, 0.2) is 0 Å². The molecule has 36 heavy (non-hydrogen) atoms. The van der Waals surface area contributed by atoms with Gasteiger partial charge in [0.25, 0.3) is 0 Å². The molecule has 0 spiro atoms. The van der Waals surface area contributed by atoms with E-state index in [4.69, 9.17) is 23.2 Å². The van der Waals surface area contributed by atoms with Gasteiger partial charge in [0.1, 0.15) is 0 Å². The third-order valence-corrected chi connectivity index (χ3v) is 8.92. The number of hydrogen-bond donors (Lipinski definition) is 2. The number of phenolic OH excluding ortho intramolecular Hbond substituents is 2. The Labute approximate surface area is 242 Å². The smallest absolute Gasteiger partial charge is 1.00 e. The normalized spacial score (nSPS) is 22.6. The molecule has 0 radical (unpaired) electrons. The summed E-state index contributed by atoms with van der Waals surface area (Å²) in [5, 5.41) is 23.5. The summed E-state index contributed by atoms with van der Waals surface area (Å²) >= 11 is 13.3. The van der Waals surface area contributed by atoms with Gasteiger partial charge in [-0.2, -0.15) is 0 Å². The van der Waals surface area contributed by atoms with E-state index >= 15 is 0 Å². The second kappa shape index (κ2) is 11.0. The van der Waals surface area contributed by atoms with Crippen molar-refractivity contribution in [3.63, 3.8) is 0 Å².